The maximum atomic E-state index is 11.8. The molecule has 0 saturated heterocycles. The van der Waals surface area contributed by atoms with Gasteiger partial charge in [0.2, 0.25) is 0 Å². The molecule has 1 aromatic rings. The van der Waals surface area contributed by atoms with E-state index >= 15 is 0 Å². The fourth-order valence-corrected chi connectivity index (χ4v) is 1.96. The Hall–Kier alpha value is -2.30. The largest absolute Gasteiger partial charge is 0.463 e. The number of rotatable bonds is 5. The molecule has 1 amide bonds. The molecule has 0 unspecified atom stereocenters. The molecule has 0 saturated carbocycles. The Bertz CT molecular complexity index is 585. The van der Waals surface area contributed by atoms with E-state index < -0.39 is 17.7 Å². The van der Waals surface area contributed by atoms with E-state index in [1.807, 2.05) is 31.2 Å². The molecule has 126 valence electrons. The van der Waals surface area contributed by atoms with Gasteiger partial charge in [-0.2, -0.15) is 0 Å². The SMILES string of the molecule is CCOC(=O)/C=C(\CNC(=O)OC(C)(C)C)c1ccccc1C. The number of benzene rings is 1. The zero-order valence-electron chi connectivity index (χ0n) is 14.4. The van der Waals surface area contributed by atoms with Crippen LogP contribution < -0.4 is 5.32 Å². The highest BCUT2D eigenvalue weighted by molar-refractivity contribution is 5.92. The van der Waals surface area contributed by atoms with Crippen molar-refractivity contribution < 1.29 is 19.1 Å². The second-order valence-electron chi connectivity index (χ2n) is 6.09. The molecule has 0 aliphatic heterocycles. The number of carbonyl (C=O) groups excluding carboxylic acids is 2. The summed E-state index contributed by atoms with van der Waals surface area (Å²) in [7, 11) is 0. The Balaban J connectivity index is 2.91. The lowest BCUT2D eigenvalue weighted by Crippen LogP contribution is -2.33. The molecule has 0 radical (unpaired) electrons. The molecule has 5 nitrogen and oxygen atoms in total. The van der Waals surface area contributed by atoms with Gasteiger partial charge in [-0.25, -0.2) is 9.59 Å². The lowest BCUT2D eigenvalue weighted by atomic mass is 10.0. The second-order valence-corrected chi connectivity index (χ2v) is 6.09. The van der Waals surface area contributed by atoms with Gasteiger partial charge < -0.3 is 14.8 Å². The van der Waals surface area contributed by atoms with E-state index in [2.05, 4.69) is 5.32 Å². The van der Waals surface area contributed by atoms with Gasteiger partial charge in [-0.05, 0) is 51.3 Å². The maximum absolute atomic E-state index is 11.8. The Kier molecular flexibility index (Phi) is 6.82. The molecule has 0 aromatic heterocycles. The van der Waals surface area contributed by atoms with Crippen LogP contribution >= 0.6 is 0 Å². The molecule has 0 bridgehead atoms. The van der Waals surface area contributed by atoms with E-state index in [4.69, 9.17) is 9.47 Å². The summed E-state index contributed by atoms with van der Waals surface area (Å²) in [6.07, 6.45) is 0.879. The highest BCUT2D eigenvalue weighted by Crippen LogP contribution is 2.18. The van der Waals surface area contributed by atoms with Gasteiger partial charge in [0, 0.05) is 12.6 Å². The molecule has 0 aliphatic carbocycles. The van der Waals surface area contributed by atoms with Crippen LogP contribution in [0.4, 0.5) is 4.79 Å². The first-order valence-corrected chi connectivity index (χ1v) is 7.63. The van der Waals surface area contributed by atoms with E-state index in [-0.39, 0.29) is 6.54 Å². The molecule has 0 heterocycles. The van der Waals surface area contributed by atoms with Crippen molar-refractivity contribution >= 4 is 17.6 Å². The molecule has 0 aliphatic rings. The number of aryl methyl sites for hydroxylation is 1. The molecule has 0 spiro atoms. The third-order valence-electron chi connectivity index (χ3n) is 2.89. The van der Waals surface area contributed by atoms with Gasteiger partial charge >= 0.3 is 12.1 Å². The number of amides is 1. The number of hydrogen-bond acceptors (Lipinski definition) is 4. The highest BCUT2D eigenvalue weighted by Gasteiger charge is 2.17. The number of hydrogen-bond donors (Lipinski definition) is 1. The van der Waals surface area contributed by atoms with Crippen molar-refractivity contribution in [3.05, 3.63) is 41.5 Å². The molecule has 0 fully saturated rings. The minimum atomic E-state index is -0.572. The summed E-state index contributed by atoms with van der Waals surface area (Å²) < 4.78 is 10.2. The van der Waals surface area contributed by atoms with Gasteiger partial charge in [0.05, 0.1) is 6.61 Å². The quantitative estimate of drug-likeness (QED) is 0.667. The van der Waals surface area contributed by atoms with Crippen LogP contribution in [-0.4, -0.2) is 30.8 Å². The number of ether oxygens (including phenoxy) is 2. The Labute approximate surface area is 137 Å². The fourth-order valence-electron chi connectivity index (χ4n) is 1.96. The lowest BCUT2D eigenvalue weighted by Gasteiger charge is -2.20. The number of carbonyl (C=O) groups is 2. The lowest BCUT2D eigenvalue weighted by molar-refractivity contribution is -0.137. The first-order chi connectivity index (χ1) is 10.7. The van der Waals surface area contributed by atoms with E-state index in [9.17, 15) is 9.59 Å². The van der Waals surface area contributed by atoms with Crippen LogP contribution in [0.15, 0.2) is 30.3 Å². The highest BCUT2D eigenvalue weighted by atomic mass is 16.6. The molecular weight excluding hydrogens is 294 g/mol. The Morgan fingerprint density at radius 2 is 1.87 bits per heavy atom. The third-order valence-corrected chi connectivity index (χ3v) is 2.89. The van der Waals surface area contributed by atoms with Gasteiger partial charge in [-0.15, -0.1) is 0 Å². The number of esters is 1. The van der Waals surface area contributed by atoms with Gasteiger partial charge in [0.1, 0.15) is 5.60 Å². The van der Waals surface area contributed by atoms with Crippen LogP contribution in [0.5, 0.6) is 0 Å². The second kappa shape index (κ2) is 8.36. The first kappa shape index (κ1) is 18.7. The summed E-state index contributed by atoms with van der Waals surface area (Å²) in [5, 5.41) is 2.68. The normalized spacial score (nSPS) is 11.8. The van der Waals surface area contributed by atoms with Gasteiger partial charge in [-0.3, -0.25) is 0 Å². The predicted molar refractivity (Wildman–Crippen MR) is 90.0 cm³/mol. The van der Waals surface area contributed by atoms with Crippen LogP contribution in [0.3, 0.4) is 0 Å². The van der Waals surface area contributed by atoms with Crippen molar-refractivity contribution in [1.82, 2.24) is 5.32 Å². The van der Waals surface area contributed by atoms with Gasteiger partial charge in [0.15, 0.2) is 0 Å². The van der Waals surface area contributed by atoms with Crippen LogP contribution in [0.1, 0.15) is 38.8 Å². The van der Waals surface area contributed by atoms with Crippen LogP contribution in [-0.2, 0) is 14.3 Å². The summed E-state index contributed by atoms with van der Waals surface area (Å²) in [5.74, 6) is -0.434. The molecule has 5 heteroatoms. The van der Waals surface area contributed by atoms with Crippen molar-refractivity contribution in [3.63, 3.8) is 0 Å². The smallest absolute Gasteiger partial charge is 0.407 e. The summed E-state index contributed by atoms with van der Waals surface area (Å²) in [5.41, 5.74) is 2.00. The zero-order chi connectivity index (χ0) is 17.5. The predicted octanol–water partition coefficient (Wildman–Crippen LogP) is 3.47. The molecular formula is C18H25NO4. The summed E-state index contributed by atoms with van der Waals surface area (Å²) in [6.45, 7) is 9.56. The monoisotopic (exact) mass is 319 g/mol. The van der Waals surface area contributed by atoms with Crippen LogP contribution in [0, 0.1) is 6.92 Å². The Morgan fingerprint density at radius 1 is 1.22 bits per heavy atom. The minimum Gasteiger partial charge on any atom is -0.463 e. The van der Waals surface area contributed by atoms with Crippen LogP contribution in [0.2, 0.25) is 0 Å². The van der Waals surface area contributed by atoms with Crippen LogP contribution in [0.25, 0.3) is 5.57 Å². The van der Waals surface area contributed by atoms with Crippen molar-refractivity contribution in [2.75, 3.05) is 13.2 Å². The maximum Gasteiger partial charge on any atom is 0.407 e. The topological polar surface area (TPSA) is 64.6 Å². The molecule has 0 atom stereocenters. The van der Waals surface area contributed by atoms with Gasteiger partial charge in [-0.1, -0.05) is 24.3 Å². The third kappa shape index (κ3) is 7.00. The summed E-state index contributed by atoms with van der Waals surface area (Å²) in [4.78, 5) is 23.6. The molecule has 1 N–H and O–H groups in total. The van der Waals surface area contributed by atoms with E-state index in [1.165, 1.54) is 6.08 Å². The van der Waals surface area contributed by atoms with E-state index in [1.54, 1.807) is 27.7 Å². The molecule has 23 heavy (non-hydrogen) atoms. The van der Waals surface area contributed by atoms with E-state index in [0.29, 0.717) is 12.2 Å². The summed E-state index contributed by atoms with van der Waals surface area (Å²) >= 11 is 0. The fraction of sp³-hybridized carbons (Fsp3) is 0.444. The summed E-state index contributed by atoms with van der Waals surface area (Å²) in [6, 6.07) is 7.65. The minimum absolute atomic E-state index is 0.179. The van der Waals surface area contributed by atoms with Crippen molar-refractivity contribution in [3.8, 4) is 0 Å². The molecule has 1 rings (SSSR count). The average Bonchev–Trinajstić information content (AvgIpc) is 2.42. The average molecular weight is 319 g/mol. The standard InChI is InChI=1S/C18H25NO4/c1-6-22-16(20)11-14(15-10-8-7-9-13(15)2)12-19-17(21)23-18(3,4)5/h7-11H,6,12H2,1-5H3,(H,19,21)/b14-11+. The zero-order valence-corrected chi connectivity index (χ0v) is 14.4. The number of nitrogens with one attached hydrogen (secondary N) is 1. The van der Waals surface area contributed by atoms with Crippen molar-refractivity contribution in [2.45, 2.75) is 40.2 Å². The first-order valence-electron chi connectivity index (χ1n) is 7.63. The van der Waals surface area contributed by atoms with Gasteiger partial charge in [0.25, 0.3) is 0 Å². The van der Waals surface area contributed by atoms with E-state index in [0.717, 1.165) is 11.1 Å². The molecule has 1 aromatic carbocycles. The van der Waals surface area contributed by atoms with Crippen molar-refractivity contribution in [2.24, 2.45) is 0 Å². The Morgan fingerprint density at radius 3 is 2.43 bits per heavy atom. The van der Waals surface area contributed by atoms with Crippen molar-refractivity contribution in [1.29, 1.82) is 0 Å². The number of alkyl carbamates (subject to hydrolysis) is 1.